The molecule has 0 bridgehead atoms. The Kier molecular flexibility index (Phi) is 4.95. The number of carbonyl (C=O) groups is 1. The van der Waals surface area contributed by atoms with E-state index in [4.69, 9.17) is 9.47 Å². The van der Waals surface area contributed by atoms with Crippen LogP contribution in [0.4, 0.5) is 0 Å². The Labute approximate surface area is 153 Å². The third-order valence-electron chi connectivity index (χ3n) is 5.12. The number of carbonyl (C=O) groups excluding carboxylic acids is 1. The minimum Gasteiger partial charge on any atom is -0.371 e. The van der Waals surface area contributed by atoms with Crippen molar-refractivity contribution in [1.29, 1.82) is 0 Å². The fourth-order valence-corrected chi connectivity index (χ4v) is 3.83. The molecule has 26 heavy (non-hydrogen) atoms. The molecule has 0 aliphatic carbocycles. The van der Waals surface area contributed by atoms with E-state index in [0.717, 1.165) is 31.4 Å². The Bertz CT molecular complexity index is 740. The average Bonchev–Trinajstić information content (AvgIpc) is 3.09. The van der Waals surface area contributed by atoms with Crippen molar-refractivity contribution in [2.45, 2.75) is 37.6 Å². The second kappa shape index (κ2) is 7.51. The molecule has 0 saturated carbocycles. The molecule has 2 aromatic heterocycles. The summed E-state index contributed by atoms with van der Waals surface area (Å²) in [5.74, 6) is 0.0282. The van der Waals surface area contributed by atoms with Crippen molar-refractivity contribution in [1.82, 2.24) is 14.9 Å². The zero-order chi connectivity index (χ0) is 17.8. The van der Waals surface area contributed by atoms with Crippen LogP contribution in [0.2, 0.25) is 0 Å². The number of amides is 1. The van der Waals surface area contributed by atoms with Crippen molar-refractivity contribution < 1.29 is 14.3 Å². The first-order valence-corrected chi connectivity index (χ1v) is 9.08. The first-order valence-electron chi connectivity index (χ1n) is 9.08. The summed E-state index contributed by atoms with van der Waals surface area (Å²) in [7, 11) is 0. The summed E-state index contributed by atoms with van der Waals surface area (Å²) in [5, 5.41) is 0. The lowest BCUT2D eigenvalue weighted by Gasteiger charge is -2.39. The van der Waals surface area contributed by atoms with Gasteiger partial charge in [-0.2, -0.15) is 0 Å². The van der Waals surface area contributed by atoms with Crippen LogP contribution in [-0.2, 0) is 16.1 Å². The van der Waals surface area contributed by atoms with Gasteiger partial charge in [-0.25, -0.2) is 0 Å². The molecule has 4 heterocycles. The summed E-state index contributed by atoms with van der Waals surface area (Å²) in [6, 6.07) is 7.52. The van der Waals surface area contributed by atoms with Crippen LogP contribution in [0.5, 0.6) is 0 Å². The largest absolute Gasteiger partial charge is 0.371 e. The quantitative estimate of drug-likeness (QED) is 0.845. The van der Waals surface area contributed by atoms with Crippen molar-refractivity contribution in [3.63, 3.8) is 0 Å². The van der Waals surface area contributed by atoms with Crippen LogP contribution >= 0.6 is 0 Å². The minimum atomic E-state index is -0.282. The third kappa shape index (κ3) is 3.76. The molecule has 2 aliphatic rings. The molecule has 2 aliphatic heterocycles. The highest BCUT2D eigenvalue weighted by molar-refractivity contribution is 5.94. The Hall–Kier alpha value is -2.31. The van der Waals surface area contributed by atoms with Crippen molar-refractivity contribution in [2.24, 2.45) is 0 Å². The van der Waals surface area contributed by atoms with E-state index in [9.17, 15) is 4.79 Å². The van der Waals surface area contributed by atoms with Crippen molar-refractivity contribution in [2.75, 3.05) is 19.7 Å². The Morgan fingerprint density at radius 3 is 2.88 bits per heavy atom. The predicted octanol–water partition coefficient (Wildman–Crippen LogP) is 2.46. The molecule has 1 spiro atoms. The van der Waals surface area contributed by atoms with E-state index in [0.29, 0.717) is 25.3 Å². The summed E-state index contributed by atoms with van der Waals surface area (Å²) >= 11 is 0. The molecule has 2 saturated heterocycles. The van der Waals surface area contributed by atoms with Gasteiger partial charge >= 0.3 is 0 Å². The summed E-state index contributed by atoms with van der Waals surface area (Å²) in [6.45, 7) is 2.50. The molecule has 2 fully saturated rings. The van der Waals surface area contributed by atoms with E-state index in [2.05, 4.69) is 9.97 Å². The number of nitrogens with zero attached hydrogens (tertiary/aromatic N) is 3. The minimum absolute atomic E-state index is 0.0282. The molecule has 6 heteroatoms. The maximum Gasteiger partial charge on any atom is 0.255 e. The summed E-state index contributed by atoms with van der Waals surface area (Å²) in [6.07, 6.45) is 9.68. The molecule has 2 unspecified atom stereocenters. The van der Waals surface area contributed by atoms with Crippen molar-refractivity contribution in [3.8, 4) is 0 Å². The fraction of sp³-hybridized carbons (Fsp3) is 0.450. The third-order valence-corrected chi connectivity index (χ3v) is 5.12. The van der Waals surface area contributed by atoms with Crippen molar-refractivity contribution >= 4 is 5.91 Å². The zero-order valence-electron chi connectivity index (χ0n) is 14.7. The van der Waals surface area contributed by atoms with Crippen LogP contribution in [0, 0.1) is 0 Å². The van der Waals surface area contributed by atoms with Crippen LogP contribution in [0.15, 0.2) is 49.1 Å². The summed E-state index contributed by atoms with van der Waals surface area (Å²) in [5.41, 5.74) is 1.41. The van der Waals surface area contributed by atoms with E-state index >= 15 is 0 Å². The Morgan fingerprint density at radius 1 is 1.27 bits per heavy atom. The predicted molar refractivity (Wildman–Crippen MR) is 95.5 cm³/mol. The molecule has 4 rings (SSSR count). The highest BCUT2D eigenvalue weighted by Gasteiger charge is 2.45. The van der Waals surface area contributed by atoms with Crippen LogP contribution < -0.4 is 0 Å². The van der Waals surface area contributed by atoms with Gasteiger partial charge in [0, 0.05) is 37.8 Å². The van der Waals surface area contributed by atoms with Gasteiger partial charge in [0.15, 0.2) is 0 Å². The Morgan fingerprint density at radius 2 is 2.12 bits per heavy atom. The van der Waals surface area contributed by atoms with Gasteiger partial charge in [0.1, 0.15) is 0 Å². The molecule has 0 radical (unpaired) electrons. The number of piperidine rings is 1. The summed E-state index contributed by atoms with van der Waals surface area (Å²) in [4.78, 5) is 22.8. The van der Waals surface area contributed by atoms with E-state index in [-0.39, 0.29) is 17.6 Å². The number of rotatable bonds is 4. The van der Waals surface area contributed by atoms with E-state index in [1.54, 1.807) is 24.7 Å². The highest BCUT2D eigenvalue weighted by atomic mass is 16.6. The first kappa shape index (κ1) is 17.1. The molecule has 0 N–H and O–H groups in total. The molecule has 2 aromatic rings. The monoisotopic (exact) mass is 353 g/mol. The molecular formula is C20H23N3O3. The second-order valence-electron chi connectivity index (χ2n) is 7.06. The van der Waals surface area contributed by atoms with Crippen LogP contribution in [-0.4, -0.2) is 52.2 Å². The van der Waals surface area contributed by atoms with E-state index < -0.39 is 0 Å². The number of hydrogen-bond acceptors (Lipinski definition) is 5. The Balaban J connectivity index is 1.36. The average molecular weight is 353 g/mol. The van der Waals surface area contributed by atoms with Gasteiger partial charge < -0.3 is 14.4 Å². The lowest BCUT2D eigenvalue weighted by atomic mass is 9.89. The number of hydrogen-bond donors (Lipinski definition) is 0. The van der Waals surface area contributed by atoms with Gasteiger partial charge in [0.05, 0.1) is 37.0 Å². The van der Waals surface area contributed by atoms with E-state index in [1.165, 1.54) is 0 Å². The maximum atomic E-state index is 12.7. The number of likely N-dealkylation sites (tertiary alicyclic amines) is 1. The fourth-order valence-electron chi connectivity index (χ4n) is 3.83. The topological polar surface area (TPSA) is 64.6 Å². The molecule has 0 aromatic carbocycles. The number of pyridine rings is 2. The zero-order valence-corrected chi connectivity index (χ0v) is 14.7. The van der Waals surface area contributed by atoms with Crippen LogP contribution in [0.3, 0.4) is 0 Å². The maximum absolute atomic E-state index is 12.7. The van der Waals surface area contributed by atoms with Gasteiger partial charge in [-0.15, -0.1) is 0 Å². The molecule has 1 amide bonds. The number of aromatic nitrogens is 2. The van der Waals surface area contributed by atoms with Crippen LogP contribution in [0.1, 0.15) is 35.2 Å². The van der Waals surface area contributed by atoms with Crippen molar-refractivity contribution in [3.05, 3.63) is 60.2 Å². The molecular weight excluding hydrogens is 330 g/mol. The van der Waals surface area contributed by atoms with E-state index in [1.807, 2.05) is 29.3 Å². The standard InChI is InChI=1S/C20H23N3O3/c24-19(17-5-2-8-22-12-17)23-9-3-6-20(15-23)10-18(14-26-20)25-13-16-4-1-7-21-11-16/h1-2,4-5,7-8,11-12,18H,3,6,9-10,13-15H2. The molecule has 136 valence electrons. The highest BCUT2D eigenvalue weighted by Crippen LogP contribution is 2.36. The lowest BCUT2D eigenvalue weighted by Crippen LogP contribution is -2.50. The molecule has 6 nitrogen and oxygen atoms in total. The smallest absolute Gasteiger partial charge is 0.255 e. The second-order valence-corrected chi connectivity index (χ2v) is 7.06. The normalized spacial score (nSPS) is 25.5. The number of ether oxygens (including phenoxy) is 2. The SMILES string of the molecule is O=C(c1cccnc1)N1CCCC2(CC(OCc3cccnc3)CO2)C1. The van der Waals surface area contributed by atoms with Gasteiger partial charge in [-0.1, -0.05) is 6.07 Å². The van der Waals surface area contributed by atoms with Gasteiger partial charge in [0.25, 0.3) is 5.91 Å². The van der Waals surface area contributed by atoms with Gasteiger partial charge in [0.2, 0.25) is 0 Å². The summed E-state index contributed by atoms with van der Waals surface area (Å²) < 4.78 is 12.2. The van der Waals surface area contributed by atoms with Crippen LogP contribution in [0.25, 0.3) is 0 Å². The molecule has 2 atom stereocenters. The first-order chi connectivity index (χ1) is 12.7. The van der Waals surface area contributed by atoms with Gasteiger partial charge in [-0.3, -0.25) is 14.8 Å². The van der Waals surface area contributed by atoms with Gasteiger partial charge in [-0.05, 0) is 36.6 Å². The lowest BCUT2D eigenvalue weighted by molar-refractivity contribution is -0.0466.